The molecule has 0 aromatic heterocycles. The summed E-state index contributed by atoms with van der Waals surface area (Å²) in [5.74, 6) is -2.95. The average Bonchev–Trinajstić information content (AvgIpc) is 2.67. The summed E-state index contributed by atoms with van der Waals surface area (Å²) in [6.45, 7) is 2.45. The molecule has 2 N–H and O–H groups in total. The number of aliphatic hydroxyl groups excluding tert-OH is 1. The van der Waals surface area contributed by atoms with Crippen molar-refractivity contribution in [2.24, 2.45) is 5.92 Å². The summed E-state index contributed by atoms with van der Waals surface area (Å²) < 4.78 is 0.405. The van der Waals surface area contributed by atoms with Gasteiger partial charge < -0.3 is 14.7 Å². The summed E-state index contributed by atoms with van der Waals surface area (Å²) in [4.78, 5) is 23.8. The van der Waals surface area contributed by atoms with Gasteiger partial charge in [-0.05, 0) is 19.3 Å². The van der Waals surface area contributed by atoms with Gasteiger partial charge in [0.1, 0.15) is 24.3 Å². The molecule has 4 atom stereocenters. The van der Waals surface area contributed by atoms with E-state index in [-0.39, 0.29) is 29.5 Å². The molecule has 0 radical (unpaired) electrons. The number of carboxylic acids is 1. The number of aliphatic carboxylic acids is 1. The van der Waals surface area contributed by atoms with Crippen LogP contribution in [0.4, 0.5) is 0 Å². The minimum absolute atomic E-state index is 0.00733. The molecule has 0 fully saturated rings. The molecular weight excluding hydrogens is 449 g/mol. The van der Waals surface area contributed by atoms with Gasteiger partial charge in [0.15, 0.2) is 0 Å². The number of quaternary nitrogens is 1. The van der Waals surface area contributed by atoms with E-state index in [2.05, 4.69) is 6.92 Å². The van der Waals surface area contributed by atoms with Gasteiger partial charge in [0, 0.05) is 17.2 Å². The smallest absolute Gasteiger partial charge is 0.316 e. The third-order valence-corrected chi connectivity index (χ3v) is 7.04. The van der Waals surface area contributed by atoms with Crippen LogP contribution in [0.25, 0.3) is 0 Å². The summed E-state index contributed by atoms with van der Waals surface area (Å²) in [5, 5.41) is 19.6. The molecule has 7 heteroatoms. The van der Waals surface area contributed by atoms with Crippen LogP contribution >= 0.6 is 23.2 Å². The van der Waals surface area contributed by atoms with Crippen LogP contribution in [0, 0.1) is 5.92 Å². The Hall–Kier alpha value is -0.360. The van der Waals surface area contributed by atoms with Crippen LogP contribution in [0.15, 0.2) is 0 Å². The van der Waals surface area contributed by atoms with Crippen LogP contribution in [-0.2, 0) is 9.59 Å². The van der Waals surface area contributed by atoms with E-state index in [0.717, 1.165) is 44.9 Å². The number of alkyl halides is 2. The van der Waals surface area contributed by atoms with E-state index in [1.165, 1.54) is 32.1 Å². The minimum Gasteiger partial charge on any atom is -0.481 e. The topological polar surface area (TPSA) is 74.6 Å². The van der Waals surface area contributed by atoms with Gasteiger partial charge in [0.25, 0.3) is 0 Å². The molecule has 0 amide bonds. The van der Waals surface area contributed by atoms with Crippen molar-refractivity contribution >= 4 is 35.0 Å². The quantitative estimate of drug-likeness (QED) is 0.0880. The first-order chi connectivity index (χ1) is 15.0. The molecule has 4 unspecified atom stereocenters. The molecule has 0 heterocycles. The van der Waals surface area contributed by atoms with Crippen molar-refractivity contribution < 1.29 is 24.3 Å². The van der Waals surface area contributed by atoms with Crippen molar-refractivity contribution in [3.63, 3.8) is 0 Å². The summed E-state index contributed by atoms with van der Waals surface area (Å²) in [6.07, 6.45) is 13.0. The predicted octanol–water partition coefficient (Wildman–Crippen LogP) is 6.02. The van der Waals surface area contributed by atoms with Crippen LogP contribution in [0.5, 0.6) is 0 Å². The van der Waals surface area contributed by atoms with Crippen LogP contribution in [-0.4, -0.2) is 71.0 Å². The number of carbonyl (C=O) groups excluding carboxylic acids is 1. The fourth-order valence-electron chi connectivity index (χ4n) is 3.99. The fourth-order valence-corrected chi connectivity index (χ4v) is 4.55. The predicted molar refractivity (Wildman–Crippen MR) is 135 cm³/mol. The maximum atomic E-state index is 12.3. The number of unbranched alkanes of at least 4 members (excludes halogenated alkanes) is 9. The monoisotopic (exact) mass is 496 g/mol. The van der Waals surface area contributed by atoms with E-state index < -0.39 is 18.0 Å². The maximum Gasteiger partial charge on any atom is 0.316 e. The number of carbonyl (C=O) groups is 2. The zero-order chi connectivity index (χ0) is 24.6. The van der Waals surface area contributed by atoms with Crippen molar-refractivity contribution in [1.82, 2.24) is 0 Å². The standard InChI is InChI=1S/C25H47Cl2NO4/c1-5-6-7-8-10-13-16-20(26)21(27)17-14-11-9-12-15-18-22(29)24(25(31)32)23(30)19-28(2,3)4/h20-21,23-24,30H,5-19H2,1-4H3/p+1. The lowest BCUT2D eigenvalue weighted by molar-refractivity contribution is -0.873. The molecule has 0 aliphatic heterocycles. The number of carboxylic acid groups (broad SMARTS) is 1. The number of rotatable bonds is 21. The lowest BCUT2D eigenvalue weighted by Gasteiger charge is -2.28. The van der Waals surface area contributed by atoms with Gasteiger partial charge in [-0.15, -0.1) is 23.2 Å². The Morgan fingerprint density at radius 2 is 1.22 bits per heavy atom. The van der Waals surface area contributed by atoms with Gasteiger partial charge in [-0.3, -0.25) is 9.59 Å². The lowest BCUT2D eigenvalue weighted by Crippen LogP contribution is -2.47. The molecule has 0 rings (SSSR count). The van der Waals surface area contributed by atoms with E-state index in [1.807, 2.05) is 21.1 Å². The Balaban J connectivity index is 3.94. The molecule has 0 aliphatic carbocycles. The number of halogens is 2. The number of likely N-dealkylation sites (N-methyl/N-ethyl adjacent to an activating group) is 1. The Labute approximate surface area is 206 Å². The van der Waals surface area contributed by atoms with Crippen LogP contribution in [0.1, 0.15) is 96.8 Å². The van der Waals surface area contributed by atoms with E-state index >= 15 is 0 Å². The van der Waals surface area contributed by atoms with Crippen molar-refractivity contribution in [2.45, 2.75) is 114 Å². The highest BCUT2D eigenvalue weighted by molar-refractivity contribution is 6.29. The highest BCUT2D eigenvalue weighted by Crippen LogP contribution is 2.23. The Bertz CT molecular complexity index is 511. The molecule has 0 aromatic carbocycles. The average molecular weight is 498 g/mol. The minimum atomic E-state index is -1.34. The van der Waals surface area contributed by atoms with Crippen LogP contribution in [0.2, 0.25) is 0 Å². The Morgan fingerprint density at radius 3 is 1.66 bits per heavy atom. The second kappa shape index (κ2) is 18.0. The van der Waals surface area contributed by atoms with E-state index in [4.69, 9.17) is 23.2 Å². The third-order valence-electron chi connectivity index (χ3n) is 5.86. The number of hydrogen-bond acceptors (Lipinski definition) is 3. The molecule has 0 spiro atoms. The first-order valence-corrected chi connectivity index (χ1v) is 13.4. The molecule has 0 saturated heterocycles. The normalized spacial score (nSPS) is 15.8. The fraction of sp³-hybridized carbons (Fsp3) is 0.920. The molecule has 0 saturated carbocycles. The lowest BCUT2D eigenvalue weighted by atomic mass is 9.93. The van der Waals surface area contributed by atoms with Crippen LogP contribution in [0.3, 0.4) is 0 Å². The van der Waals surface area contributed by atoms with E-state index in [9.17, 15) is 19.8 Å². The molecule has 5 nitrogen and oxygen atoms in total. The van der Waals surface area contributed by atoms with Gasteiger partial charge in [-0.25, -0.2) is 0 Å². The number of ketones is 1. The number of nitrogens with zero attached hydrogens (tertiary/aromatic N) is 1. The highest BCUT2D eigenvalue weighted by atomic mass is 35.5. The van der Waals surface area contributed by atoms with Gasteiger partial charge in [0.2, 0.25) is 0 Å². The van der Waals surface area contributed by atoms with Gasteiger partial charge in [-0.2, -0.15) is 0 Å². The number of Topliss-reactive ketones (excluding diaryl/α,β-unsaturated/α-hetero) is 1. The zero-order valence-corrected chi connectivity index (χ0v) is 22.3. The summed E-state index contributed by atoms with van der Waals surface area (Å²) in [7, 11) is 5.58. The highest BCUT2D eigenvalue weighted by Gasteiger charge is 2.36. The van der Waals surface area contributed by atoms with Crippen molar-refractivity contribution in [3.8, 4) is 0 Å². The van der Waals surface area contributed by atoms with Gasteiger partial charge >= 0.3 is 5.97 Å². The van der Waals surface area contributed by atoms with Crippen molar-refractivity contribution in [1.29, 1.82) is 0 Å². The van der Waals surface area contributed by atoms with E-state index in [0.29, 0.717) is 10.9 Å². The summed E-state index contributed by atoms with van der Waals surface area (Å²) in [6, 6.07) is 0. The molecule has 0 aromatic rings. The van der Waals surface area contributed by atoms with Gasteiger partial charge in [0.05, 0.1) is 21.1 Å². The van der Waals surface area contributed by atoms with Crippen molar-refractivity contribution in [2.75, 3.05) is 27.7 Å². The Morgan fingerprint density at radius 1 is 0.781 bits per heavy atom. The first-order valence-electron chi connectivity index (χ1n) is 12.5. The number of aliphatic hydroxyl groups is 1. The third kappa shape index (κ3) is 16.3. The SMILES string of the molecule is CCCCCCCCC(Cl)C(Cl)CCCCCCCC(=O)C(C(=O)O)C(O)C[N+](C)(C)C. The van der Waals surface area contributed by atoms with Gasteiger partial charge in [-0.1, -0.05) is 71.1 Å². The largest absolute Gasteiger partial charge is 0.481 e. The zero-order valence-electron chi connectivity index (χ0n) is 20.8. The van der Waals surface area contributed by atoms with Crippen LogP contribution < -0.4 is 0 Å². The molecule has 0 bridgehead atoms. The molecule has 32 heavy (non-hydrogen) atoms. The molecular formula is C25H48Cl2NO4+. The molecule has 0 aliphatic rings. The second-order valence-electron chi connectivity index (χ2n) is 10.2. The van der Waals surface area contributed by atoms with E-state index in [1.54, 1.807) is 0 Å². The van der Waals surface area contributed by atoms with Crippen molar-refractivity contribution in [3.05, 3.63) is 0 Å². The Kier molecular flexibility index (Phi) is 17.8. The molecule has 190 valence electrons. The maximum absolute atomic E-state index is 12.3. The second-order valence-corrected chi connectivity index (χ2v) is 11.3. The summed E-state index contributed by atoms with van der Waals surface area (Å²) >= 11 is 12.9. The summed E-state index contributed by atoms with van der Waals surface area (Å²) in [5.41, 5.74) is 0. The first kappa shape index (κ1) is 31.6. The number of hydrogen-bond donors (Lipinski definition) is 2.